The van der Waals surface area contributed by atoms with Crippen LogP contribution in [-0.4, -0.2) is 59.1 Å². The van der Waals surface area contributed by atoms with Gasteiger partial charge in [0.05, 0.1) is 28.3 Å². The summed E-state index contributed by atoms with van der Waals surface area (Å²) in [6.07, 6.45) is 0.529. The molecular weight excluding hydrogens is 334 g/mol. The molecule has 0 aliphatic carbocycles. The maximum Gasteiger partial charge on any atom is 0.233 e. The Morgan fingerprint density at radius 3 is 2.83 bits per heavy atom. The molecule has 0 bridgehead atoms. The van der Waals surface area contributed by atoms with E-state index in [4.69, 9.17) is 0 Å². The van der Waals surface area contributed by atoms with E-state index in [0.717, 1.165) is 16.2 Å². The van der Waals surface area contributed by atoms with E-state index in [-0.39, 0.29) is 29.2 Å². The van der Waals surface area contributed by atoms with Gasteiger partial charge in [-0.1, -0.05) is 23.9 Å². The Kier molecular flexibility index (Phi) is 4.37. The van der Waals surface area contributed by atoms with Crippen molar-refractivity contribution in [2.75, 3.05) is 24.3 Å². The highest BCUT2D eigenvalue weighted by Gasteiger charge is 2.32. The number of imidazole rings is 1. The van der Waals surface area contributed by atoms with Crippen LogP contribution in [0.2, 0.25) is 0 Å². The summed E-state index contributed by atoms with van der Waals surface area (Å²) < 4.78 is 25.0. The Bertz CT molecular complexity index is 845. The number of rotatable bonds is 4. The molecule has 0 spiro atoms. The van der Waals surface area contributed by atoms with E-state index in [1.807, 2.05) is 35.9 Å². The summed E-state index contributed by atoms with van der Waals surface area (Å²) in [5.74, 6) is 0.438. The largest absolute Gasteiger partial charge is 0.341 e. The van der Waals surface area contributed by atoms with E-state index in [0.29, 0.717) is 6.42 Å². The van der Waals surface area contributed by atoms with Crippen LogP contribution >= 0.6 is 11.8 Å². The van der Waals surface area contributed by atoms with Crippen molar-refractivity contribution in [1.29, 1.82) is 0 Å². The molecule has 1 aromatic carbocycles. The van der Waals surface area contributed by atoms with E-state index in [2.05, 4.69) is 4.98 Å². The molecule has 1 fully saturated rings. The lowest BCUT2D eigenvalue weighted by Gasteiger charge is -2.23. The van der Waals surface area contributed by atoms with Crippen molar-refractivity contribution < 1.29 is 13.2 Å². The van der Waals surface area contributed by atoms with Gasteiger partial charge in [-0.25, -0.2) is 13.4 Å². The standard InChI is InChI=1S/C15H19N3O3S2/c1-17(11-7-8-23(20,21)10-11)14(19)9-22-15-16-12-5-3-4-6-13(12)18(15)2/h3-6,11H,7-10H2,1-2H3/t11-/m1/s1. The zero-order valence-corrected chi connectivity index (χ0v) is 14.7. The Labute approximate surface area is 139 Å². The molecule has 1 atom stereocenters. The topological polar surface area (TPSA) is 72.3 Å². The molecule has 1 saturated heterocycles. The van der Waals surface area contributed by atoms with Crippen molar-refractivity contribution in [3.05, 3.63) is 24.3 Å². The Hall–Kier alpha value is -1.54. The number of hydrogen-bond donors (Lipinski definition) is 0. The van der Waals surface area contributed by atoms with Gasteiger partial charge in [0.15, 0.2) is 15.0 Å². The highest BCUT2D eigenvalue weighted by atomic mass is 32.2. The van der Waals surface area contributed by atoms with Crippen LogP contribution in [0.4, 0.5) is 0 Å². The van der Waals surface area contributed by atoms with Crippen molar-refractivity contribution in [3.8, 4) is 0 Å². The first-order chi connectivity index (χ1) is 10.9. The molecular formula is C15H19N3O3S2. The highest BCUT2D eigenvalue weighted by molar-refractivity contribution is 7.99. The van der Waals surface area contributed by atoms with Gasteiger partial charge in [-0.3, -0.25) is 4.79 Å². The first-order valence-electron chi connectivity index (χ1n) is 7.38. The molecule has 0 unspecified atom stereocenters. The maximum absolute atomic E-state index is 12.3. The molecule has 6 nitrogen and oxygen atoms in total. The van der Waals surface area contributed by atoms with Crippen LogP contribution in [0.5, 0.6) is 0 Å². The molecule has 0 radical (unpaired) electrons. The van der Waals surface area contributed by atoms with E-state index >= 15 is 0 Å². The number of aryl methyl sites for hydroxylation is 1. The normalized spacial score (nSPS) is 20.0. The van der Waals surface area contributed by atoms with Gasteiger partial charge in [-0.15, -0.1) is 0 Å². The van der Waals surface area contributed by atoms with Crippen molar-refractivity contribution >= 4 is 38.5 Å². The predicted octanol–water partition coefficient (Wildman–Crippen LogP) is 1.31. The summed E-state index contributed by atoms with van der Waals surface area (Å²) >= 11 is 1.38. The number of carbonyl (C=O) groups is 1. The molecule has 1 aromatic heterocycles. The van der Waals surface area contributed by atoms with Crippen LogP contribution in [0.15, 0.2) is 29.4 Å². The van der Waals surface area contributed by atoms with Gasteiger partial charge in [0.25, 0.3) is 0 Å². The van der Waals surface area contributed by atoms with Crippen LogP contribution < -0.4 is 0 Å². The number of aromatic nitrogens is 2. The number of carbonyl (C=O) groups excluding carboxylic acids is 1. The van der Waals surface area contributed by atoms with E-state index < -0.39 is 9.84 Å². The minimum Gasteiger partial charge on any atom is -0.341 e. The van der Waals surface area contributed by atoms with Crippen LogP contribution in [0.3, 0.4) is 0 Å². The fourth-order valence-electron chi connectivity index (χ4n) is 2.77. The second-order valence-corrected chi connectivity index (χ2v) is 8.96. The number of para-hydroxylation sites is 2. The summed E-state index contributed by atoms with van der Waals surface area (Å²) in [5.41, 5.74) is 1.93. The van der Waals surface area contributed by atoms with Gasteiger partial charge in [-0.2, -0.15) is 0 Å². The van der Waals surface area contributed by atoms with E-state index in [1.165, 1.54) is 11.8 Å². The molecule has 8 heteroatoms. The van der Waals surface area contributed by atoms with E-state index in [9.17, 15) is 13.2 Å². The second kappa shape index (κ2) is 6.16. The number of sulfone groups is 1. The maximum atomic E-state index is 12.3. The number of benzene rings is 1. The Balaban J connectivity index is 1.65. The smallest absolute Gasteiger partial charge is 0.233 e. The SMILES string of the molecule is CN(C(=O)CSc1nc2ccccc2n1C)[C@@H]1CCS(=O)(=O)C1. The second-order valence-electron chi connectivity index (χ2n) is 5.79. The minimum absolute atomic E-state index is 0.0656. The predicted molar refractivity (Wildman–Crippen MR) is 91.3 cm³/mol. The molecule has 2 aromatic rings. The van der Waals surface area contributed by atoms with Crippen molar-refractivity contribution in [3.63, 3.8) is 0 Å². The third kappa shape index (κ3) is 3.37. The van der Waals surface area contributed by atoms with E-state index in [1.54, 1.807) is 11.9 Å². The molecule has 124 valence electrons. The third-order valence-corrected chi connectivity index (χ3v) is 6.99. The lowest BCUT2D eigenvalue weighted by atomic mass is 10.2. The molecule has 1 aliphatic rings. The number of thioether (sulfide) groups is 1. The molecule has 0 saturated carbocycles. The first kappa shape index (κ1) is 16.3. The molecule has 0 N–H and O–H groups in total. The lowest BCUT2D eigenvalue weighted by molar-refractivity contribution is -0.128. The summed E-state index contributed by atoms with van der Waals surface area (Å²) in [4.78, 5) is 18.4. The summed E-state index contributed by atoms with van der Waals surface area (Å²) in [5, 5.41) is 0.784. The van der Waals surface area contributed by atoms with Crippen molar-refractivity contribution in [1.82, 2.24) is 14.5 Å². The zero-order chi connectivity index (χ0) is 16.6. The van der Waals surface area contributed by atoms with Crippen LogP contribution in [0, 0.1) is 0 Å². The summed E-state index contributed by atoms with van der Waals surface area (Å²) in [6, 6.07) is 7.62. The molecule has 23 heavy (non-hydrogen) atoms. The number of nitrogens with zero attached hydrogens (tertiary/aromatic N) is 3. The summed E-state index contributed by atoms with van der Waals surface area (Å²) in [7, 11) is 0.628. The average molecular weight is 353 g/mol. The van der Waals surface area contributed by atoms with Crippen molar-refractivity contribution in [2.45, 2.75) is 17.6 Å². The number of fused-ring (bicyclic) bond motifs is 1. The van der Waals surface area contributed by atoms with Gasteiger partial charge in [0, 0.05) is 20.1 Å². The van der Waals surface area contributed by atoms with Gasteiger partial charge < -0.3 is 9.47 Å². The van der Waals surface area contributed by atoms with Gasteiger partial charge in [0.2, 0.25) is 5.91 Å². The van der Waals surface area contributed by atoms with Crippen molar-refractivity contribution in [2.24, 2.45) is 7.05 Å². The zero-order valence-electron chi connectivity index (χ0n) is 13.1. The highest BCUT2D eigenvalue weighted by Crippen LogP contribution is 2.24. The van der Waals surface area contributed by atoms with Crippen LogP contribution in [0.25, 0.3) is 11.0 Å². The van der Waals surface area contributed by atoms with Crippen LogP contribution in [-0.2, 0) is 21.7 Å². The Morgan fingerprint density at radius 1 is 1.43 bits per heavy atom. The molecule has 1 aliphatic heterocycles. The van der Waals surface area contributed by atoms with Crippen LogP contribution in [0.1, 0.15) is 6.42 Å². The fourth-order valence-corrected chi connectivity index (χ4v) is 5.45. The molecule has 2 heterocycles. The third-order valence-electron chi connectivity index (χ3n) is 4.22. The quantitative estimate of drug-likeness (QED) is 0.775. The lowest BCUT2D eigenvalue weighted by Crippen LogP contribution is -2.38. The minimum atomic E-state index is -2.98. The monoisotopic (exact) mass is 353 g/mol. The molecule has 3 rings (SSSR count). The fraction of sp³-hybridized carbons (Fsp3) is 0.467. The summed E-state index contributed by atoms with van der Waals surface area (Å²) in [6.45, 7) is 0. The Morgan fingerprint density at radius 2 is 2.17 bits per heavy atom. The number of amides is 1. The number of hydrogen-bond acceptors (Lipinski definition) is 5. The first-order valence-corrected chi connectivity index (χ1v) is 10.2. The van der Waals surface area contributed by atoms with Gasteiger partial charge >= 0.3 is 0 Å². The van der Waals surface area contributed by atoms with Gasteiger partial charge in [-0.05, 0) is 18.6 Å². The van der Waals surface area contributed by atoms with Gasteiger partial charge in [0.1, 0.15) is 0 Å². The molecule has 1 amide bonds. The average Bonchev–Trinajstić information content (AvgIpc) is 3.04.